The molecule has 1 unspecified atom stereocenters. The van der Waals surface area contributed by atoms with E-state index in [1.165, 1.54) is 38.5 Å². The summed E-state index contributed by atoms with van der Waals surface area (Å²) in [6.45, 7) is 6.94. The number of esters is 1. The van der Waals surface area contributed by atoms with Crippen LogP contribution in [0.5, 0.6) is 0 Å². The molecule has 2 aliphatic carbocycles. The van der Waals surface area contributed by atoms with Crippen LogP contribution in [-0.4, -0.2) is 24.2 Å². The van der Waals surface area contributed by atoms with Gasteiger partial charge in [-0.05, 0) is 44.4 Å². The molecule has 2 fully saturated rings. The number of hydrogen-bond acceptors (Lipinski definition) is 3. The first kappa shape index (κ1) is 15.8. The van der Waals surface area contributed by atoms with Crippen LogP contribution in [0.4, 0.5) is 0 Å². The highest BCUT2D eigenvalue weighted by Gasteiger charge is 2.47. The molecular formula is C17H31NO2. The van der Waals surface area contributed by atoms with Gasteiger partial charge in [0.25, 0.3) is 0 Å². The van der Waals surface area contributed by atoms with Crippen LogP contribution < -0.4 is 5.32 Å². The topological polar surface area (TPSA) is 38.3 Å². The summed E-state index contributed by atoms with van der Waals surface area (Å²) in [6.07, 6.45) is 10.5. The van der Waals surface area contributed by atoms with Crippen molar-refractivity contribution in [3.63, 3.8) is 0 Å². The third-order valence-electron chi connectivity index (χ3n) is 4.99. The molecule has 0 aliphatic heterocycles. The van der Waals surface area contributed by atoms with Crippen LogP contribution in [0.25, 0.3) is 0 Å². The van der Waals surface area contributed by atoms with Crippen LogP contribution in [0.1, 0.15) is 78.6 Å². The molecule has 0 aromatic rings. The summed E-state index contributed by atoms with van der Waals surface area (Å²) in [6, 6.07) is 0.502. The maximum Gasteiger partial charge on any atom is 0.326 e. The Kier molecular flexibility index (Phi) is 5.11. The van der Waals surface area contributed by atoms with E-state index in [1.54, 1.807) is 0 Å². The molecule has 0 bridgehead atoms. The van der Waals surface area contributed by atoms with Crippen LogP contribution >= 0.6 is 0 Å². The predicted molar refractivity (Wildman–Crippen MR) is 81.6 cm³/mol. The average molecular weight is 281 g/mol. The summed E-state index contributed by atoms with van der Waals surface area (Å²) in [5, 5.41) is 3.74. The minimum atomic E-state index is -0.431. The van der Waals surface area contributed by atoms with E-state index in [2.05, 4.69) is 19.2 Å². The quantitative estimate of drug-likeness (QED) is 0.796. The molecule has 0 aromatic carbocycles. The summed E-state index contributed by atoms with van der Waals surface area (Å²) in [4.78, 5) is 12.6. The van der Waals surface area contributed by atoms with E-state index < -0.39 is 5.54 Å². The molecule has 2 rings (SSSR count). The van der Waals surface area contributed by atoms with Crippen LogP contribution in [0.15, 0.2) is 0 Å². The second-order valence-electron chi connectivity index (χ2n) is 7.48. The molecule has 0 heterocycles. The van der Waals surface area contributed by atoms with Crippen molar-refractivity contribution in [3.05, 3.63) is 0 Å². The van der Waals surface area contributed by atoms with Crippen molar-refractivity contribution in [1.82, 2.24) is 5.32 Å². The molecule has 20 heavy (non-hydrogen) atoms. The summed E-state index contributed by atoms with van der Waals surface area (Å²) >= 11 is 0. The summed E-state index contributed by atoms with van der Waals surface area (Å²) in [5.74, 6) is -0.0154. The van der Waals surface area contributed by atoms with Gasteiger partial charge in [0.1, 0.15) is 5.54 Å². The fourth-order valence-corrected chi connectivity index (χ4v) is 4.13. The highest BCUT2D eigenvalue weighted by molar-refractivity contribution is 5.81. The Bertz CT molecular complexity index is 334. The van der Waals surface area contributed by atoms with E-state index in [9.17, 15) is 4.79 Å². The summed E-state index contributed by atoms with van der Waals surface area (Å²) in [7, 11) is 0. The third-order valence-corrected chi connectivity index (χ3v) is 4.99. The maximum absolute atomic E-state index is 12.6. The lowest BCUT2D eigenvalue weighted by atomic mass is 9.67. The highest BCUT2D eigenvalue weighted by atomic mass is 16.5. The number of nitrogens with one attached hydrogen (secondary N) is 1. The molecule has 3 nitrogen and oxygen atoms in total. The fraction of sp³-hybridized carbons (Fsp3) is 0.941. The number of carbonyl (C=O) groups is 1. The number of carbonyl (C=O) groups excluding carboxylic acids is 1. The SMILES string of the molecule is CCOC(=O)C1(NC2CCCCC2)CCCC(C)(C)C1. The van der Waals surface area contributed by atoms with Crippen molar-refractivity contribution in [2.45, 2.75) is 90.1 Å². The highest BCUT2D eigenvalue weighted by Crippen LogP contribution is 2.42. The lowest BCUT2D eigenvalue weighted by Crippen LogP contribution is -2.60. The minimum absolute atomic E-state index is 0.0154. The molecule has 0 amide bonds. The molecule has 2 saturated carbocycles. The molecule has 0 saturated heterocycles. The normalized spacial score (nSPS) is 30.9. The first-order valence-electron chi connectivity index (χ1n) is 8.42. The van der Waals surface area contributed by atoms with Gasteiger partial charge in [0.05, 0.1) is 6.61 Å². The summed E-state index contributed by atoms with van der Waals surface area (Å²) < 4.78 is 5.42. The average Bonchev–Trinajstić information content (AvgIpc) is 2.39. The minimum Gasteiger partial charge on any atom is -0.465 e. The smallest absolute Gasteiger partial charge is 0.326 e. The molecule has 2 aliphatic rings. The van der Waals surface area contributed by atoms with Gasteiger partial charge in [0.2, 0.25) is 0 Å². The van der Waals surface area contributed by atoms with Crippen LogP contribution in [0.3, 0.4) is 0 Å². The second-order valence-corrected chi connectivity index (χ2v) is 7.48. The Morgan fingerprint density at radius 1 is 1.15 bits per heavy atom. The number of rotatable bonds is 4. The Hall–Kier alpha value is -0.570. The van der Waals surface area contributed by atoms with Gasteiger partial charge >= 0.3 is 5.97 Å². The van der Waals surface area contributed by atoms with Crippen molar-refractivity contribution < 1.29 is 9.53 Å². The molecule has 0 radical (unpaired) electrons. The number of hydrogen-bond donors (Lipinski definition) is 1. The van der Waals surface area contributed by atoms with E-state index in [0.717, 1.165) is 19.3 Å². The van der Waals surface area contributed by atoms with E-state index in [-0.39, 0.29) is 11.4 Å². The van der Waals surface area contributed by atoms with E-state index in [1.807, 2.05) is 6.92 Å². The molecular weight excluding hydrogens is 250 g/mol. The van der Waals surface area contributed by atoms with Gasteiger partial charge in [-0.15, -0.1) is 0 Å². The lowest BCUT2D eigenvalue weighted by Gasteiger charge is -2.45. The Morgan fingerprint density at radius 3 is 2.45 bits per heavy atom. The largest absolute Gasteiger partial charge is 0.465 e. The number of ether oxygens (including phenoxy) is 1. The van der Waals surface area contributed by atoms with E-state index >= 15 is 0 Å². The van der Waals surface area contributed by atoms with Gasteiger partial charge < -0.3 is 4.74 Å². The van der Waals surface area contributed by atoms with Crippen LogP contribution in [0, 0.1) is 5.41 Å². The Morgan fingerprint density at radius 2 is 1.85 bits per heavy atom. The maximum atomic E-state index is 12.6. The van der Waals surface area contributed by atoms with Gasteiger partial charge in [0, 0.05) is 6.04 Å². The van der Waals surface area contributed by atoms with Crippen LogP contribution in [-0.2, 0) is 9.53 Å². The van der Waals surface area contributed by atoms with Crippen molar-refractivity contribution in [2.75, 3.05) is 6.61 Å². The first-order chi connectivity index (χ1) is 9.47. The van der Waals surface area contributed by atoms with Gasteiger partial charge in [-0.3, -0.25) is 10.1 Å². The van der Waals surface area contributed by atoms with Crippen LogP contribution in [0.2, 0.25) is 0 Å². The zero-order valence-corrected chi connectivity index (χ0v) is 13.5. The van der Waals surface area contributed by atoms with Gasteiger partial charge in [-0.25, -0.2) is 0 Å². The molecule has 1 atom stereocenters. The standard InChI is InChI=1S/C17H31NO2/c1-4-20-15(19)17(12-8-11-16(2,3)13-17)18-14-9-6-5-7-10-14/h14,18H,4-13H2,1-3H3. The molecule has 116 valence electrons. The second kappa shape index (κ2) is 6.46. The third kappa shape index (κ3) is 3.75. The van der Waals surface area contributed by atoms with Crippen molar-refractivity contribution in [1.29, 1.82) is 0 Å². The van der Waals surface area contributed by atoms with E-state index in [0.29, 0.717) is 12.6 Å². The molecule has 1 N–H and O–H groups in total. The molecule has 3 heteroatoms. The van der Waals surface area contributed by atoms with E-state index in [4.69, 9.17) is 4.74 Å². The fourth-order valence-electron chi connectivity index (χ4n) is 4.13. The van der Waals surface area contributed by atoms with Crippen molar-refractivity contribution in [2.24, 2.45) is 5.41 Å². The Labute approximate surface area is 123 Å². The molecule has 0 spiro atoms. The molecule has 0 aromatic heterocycles. The van der Waals surface area contributed by atoms with Crippen molar-refractivity contribution in [3.8, 4) is 0 Å². The summed E-state index contributed by atoms with van der Waals surface area (Å²) in [5.41, 5.74) is -0.202. The van der Waals surface area contributed by atoms with Crippen molar-refractivity contribution >= 4 is 5.97 Å². The van der Waals surface area contributed by atoms with Gasteiger partial charge in [-0.1, -0.05) is 39.5 Å². The lowest BCUT2D eigenvalue weighted by molar-refractivity contribution is -0.155. The monoisotopic (exact) mass is 281 g/mol. The Balaban J connectivity index is 2.12. The first-order valence-corrected chi connectivity index (χ1v) is 8.42. The predicted octanol–water partition coefficient (Wildman–Crippen LogP) is 3.81. The van der Waals surface area contributed by atoms with Gasteiger partial charge in [-0.2, -0.15) is 0 Å². The zero-order chi connectivity index (χ0) is 14.6. The van der Waals surface area contributed by atoms with Gasteiger partial charge in [0.15, 0.2) is 0 Å². The zero-order valence-electron chi connectivity index (χ0n) is 13.5.